The molecule has 1 aliphatic carbocycles. The first-order valence-corrected chi connectivity index (χ1v) is 9.91. The van der Waals surface area contributed by atoms with Gasteiger partial charge in [0.2, 0.25) is 5.95 Å². The highest BCUT2D eigenvalue weighted by Crippen LogP contribution is 2.47. The van der Waals surface area contributed by atoms with Crippen LogP contribution < -0.4 is 10.6 Å². The van der Waals surface area contributed by atoms with Crippen LogP contribution in [-0.4, -0.2) is 63.8 Å². The summed E-state index contributed by atoms with van der Waals surface area (Å²) < 4.78 is 89.0. The molecule has 1 radical (unpaired) electrons. The number of ether oxygens (including phenoxy) is 2. The number of hydrogen-bond donors (Lipinski definition) is 1. The smallest absolute Gasteiger partial charge is 0.378 e. The van der Waals surface area contributed by atoms with Gasteiger partial charge in [-0.3, -0.25) is 0 Å². The number of hydrogen-bond acceptors (Lipinski definition) is 7. The fraction of sp³-hybridized carbons (Fsp3) is 0.667. The van der Waals surface area contributed by atoms with E-state index in [0.29, 0.717) is 56.1 Å². The third-order valence-corrected chi connectivity index (χ3v) is 5.20. The molecule has 0 unspecified atom stereocenters. The Hall–Kier alpha value is -2.35. The predicted molar refractivity (Wildman–Crippen MR) is 100 cm³/mol. The van der Waals surface area contributed by atoms with Crippen molar-refractivity contribution in [3.8, 4) is 0 Å². The molecule has 1 saturated heterocycles. The fourth-order valence-electron chi connectivity index (χ4n) is 3.69. The summed E-state index contributed by atoms with van der Waals surface area (Å²) in [5.41, 5.74) is 5.44. The first kappa shape index (κ1) is 22.8. The number of nitrogen functional groups attached to an aromatic ring is 1. The van der Waals surface area contributed by atoms with Crippen LogP contribution in [0.25, 0.3) is 11.2 Å². The Morgan fingerprint density at radius 2 is 1.69 bits per heavy atom. The molecule has 0 spiro atoms. The average Bonchev–Trinajstić information content (AvgIpc) is 3.30. The van der Waals surface area contributed by atoms with E-state index in [4.69, 9.17) is 15.2 Å². The third-order valence-electron chi connectivity index (χ3n) is 5.20. The predicted octanol–water partition coefficient (Wildman–Crippen LogP) is 3.23. The molecule has 0 amide bonds. The van der Waals surface area contributed by atoms with Gasteiger partial charge >= 0.3 is 12.4 Å². The second kappa shape index (κ2) is 8.21. The molecule has 0 aromatic carbocycles. The van der Waals surface area contributed by atoms with Gasteiger partial charge < -0.3 is 24.7 Å². The second-order valence-corrected chi connectivity index (χ2v) is 7.96. The standard InChI is InChI=1S/C18H21F6N6O2/c19-17(20,21)7-11(8-18(22,23)24)32-16(1-2-16)9-30-10-26-12-13(27-15(25)28-14(12)30)29-3-5-31-6-4-29/h10H,1-9H2,(H2,25,27,28). The first-order chi connectivity index (χ1) is 14.9. The summed E-state index contributed by atoms with van der Waals surface area (Å²) >= 11 is 0. The lowest BCUT2D eigenvalue weighted by Gasteiger charge is -2.28. The number of aromatic nitrogens is 4. The topological polar surface area (TPSA) is 91.3 Å². The number of rotatable bonds is 7. The number of halogens is 6. The van der Waals surface area contributed by atoms with Crippen LogP contribution in [0.3, 0.4) is 0 Å². The normalized spacial score (nSPS) is 19.2. The van der Waals surface area contributed by atoms with Crippen molar-refractivity contribution in [3.63, 3.8) is 0 Å². The second-order valence-electron chi connectivity index (χ2n) is 7.96. The van der Waals surface area contributed by atoms with Gasteiger partial charge in [0, 0.05) is 13.1 Å². The molecule has 1 saturated carbocycles. The van der Waals surface area contributed by atoms with Crippen LogP contribution in [0.2, 0.25) is 0 Å². The molecule has 32 heavy (non-hydrogen) atoms. The van der Waals surface area contributed by atoms with Crippen molar-refractivity contribution in [3.05, 3.63) is 12.4 Å². The van der Waals surface area contributed by atoms with Gasteiger partial charge in [0.15, 0.2) is 17.0 Å². The highest BCUT2D eigenvalue weighted by atomic mass is 19.4. The van der Waals surface area contributed by atoms with E-state index in [0.717, 1.165) is 0 Å². The van der Waals surface area contributed by atoms with Crippen LogP contribution in [0, 0.1) is 6.10 Å². The van der Waals surface area contributed by atoms with Gasteiger partial charge in [0.1, 0.15) is 6.10 Å². The van der Waals surface area contributed by atoms with Gasteiger partial charge in [0.05, 0.1) is 44.5 Å². The van der Waals surface area contributed by atoms with E-state index in [2.05, 4.69) is 15.0 Å². The third kappa shape index (κ3) is 5.52. The average molecular weight is 467 g/mol. The molecule has 2 aliphatic rings. The lowest BCUT2D eigenvalue weighted by molar-refractivity contribution is -0.177. The quantitative estimate of drug-likeness (QED) is 0.626. The number of fused-ring (bicyclic) bond motifs is 1. The summed E-state index contributed by atoms with van der Waals surface area (Å²) in [5.74, 6) is 0.481. The number of nitrogens with two attached hydrogens (primary N) is 1. The van der Waals surface area contributed by atoms with E-state index in [1.54, 1.807) is 0 Å². The van der Waals surface area contributed by atoms with Gasteiger partial charge in [-0.25, -0.2) is 4.98 Å². The molecular weight excluding hydrogens is 446 g/mol. The zero-order valence-corrected chi connectivity index (χ0v) is 16.8. The van der Waals surface area contributed by atoms with Gasteiger partial charge in [0.25, 0.3) is 0 Å². The van der Waals surface area contributed by atoms with Crippen LogP contribution in [0.15, 0.2) is 6.33 Å². The number of nitrogens with zero attached hydrogens (tertiary/aromatic N) is 5. The molecule has 0 bridgehead atoms. The molecular formula is C18H21F6N6O2. The van der Waals surface area contributed by atoms with Gasteiger partial charge in [-0.1, -0.05) is 0 Å². The molecule has 2 N–H and O–H groups in total. The van der Waals surface area contributed by atoms with Crippen LogP contribution in [0.5, 0.6) is 0 Å². The summed E-state index contributed by atoms with van der Waals surface area (Å²) in [7, 11) is 0. The number of morpholine rings is 1. The van der Waals surface area contributed by atoms with Crippen molar-refractivity contribution in [2.45, 2.75) is 50.2 Å². The van der Waals surface area contributed by atoms with E-state index in [1.165, 1.54) is 10.9 Å². The molecule has 177 valence electrons. The lowest BCUT2D eigenvalue weighted by atomic mass is 10.1. The van der Waals surface area contributed by atoms with Crippen LogP contribution in [0.4, 0.5) is 38.1 Å². The summed E-state index contributed by atoms with van der Waals surface area (Å²) in [6.45, 7) is 2.12. The van der Waals surface area contributed by atoms with E-state index in [9.17, 15) is 26.3 Å². The van der Waals surface area contributed by atoms with E-state index < -0.39 is 36.9 Å². The maximum absolute atomic E-state index is 12.8. The number of anilines is 2. The molecule has 4 rings (SSSR count). The Labute approximate surface area is 178 Å². The van der Waals surface area contributed by atoms with E-state index in [1.807, 2.05) is 4.90 Å². The summed E-state index contributed by atoms with van der Waals surface area (Å²) in [4.78, 5) is 14.7. The molecule has 2 aromatic heterocycles. The van der Waals surface area contributed by atoms with Crippen molar-refractivity contribution >= 4 is 22.9 Å². The van der Waals surface area contributed by atoms with Gasteiger partial charge in [-0.15, -0.1) is 0 Å². The zero-order valence-electron chi connectivity index (χ0n) is 16.8. The molecule has 0 atom stereocenters. The van der Waals surface area contributed by atoms with Crippen LogP contribution >= 0.6 is 0 Å². The van der Waals surface area contributed by atoms with Crippen LogP contribution in [-0.2, 0) is 16.0 Å². The highest BCUT2D eigenvalue weighted by Gasteiger charge is 2.50. The van der Waals surface area contributed by atoms with Crippen molar-refractivity contribution < 1.29 is 35.8 Å². The van der Waals surface area contributed by atoms with E-state index >= 15 is 0 Å². The maximum Gasteiger partial charge on any atom is 0.391 e. The minimum absolute atomic E-state index is 0.0122. The van der Waals surface area contributed by atoms with Crippen molar-refractivity contribution in [2.24, 2.45) is 0 Å². The van der Waals surface area contributed by atoms with Crippen molar-refractivity contribution in [1.29, 1.82) is 0 Å². The SMILES string of the molecule is Nc1nc(N2CCOCC2)c2ncn(CC3(O[C](CC(F)(F)F)CC(F)(F)F)CC3)c2n1. The Morgan fingerprint density at radius 3 is 2.25 bits per heavy atom. The lowest BCUT2D eigenvalue weighted by Crippen LogP contribution is -2.37. The fourth-order valence-corrected chi connectivity index (χ4v) is 3.69. The minimum atomic E-state index is -4.81. The summed E-state index contributed by atoms with van der Waals surface area (Å²) in [6, 6.07) is 0. The maximum atomic E-state index is 12.8. The molecule has 3 heterocycles. The summed E-state index contributed by atoms with van der Waals surface area (Å²) in [5, 5.41) is 0. The molecule has 1 aliphatic heterocycles. The molecule has 2 fully saturated rings. The number of alkyl halides is 6. The molecule has 2 aromatic rings. The zero-order chi connectivity index (χ0) is 23.1. The van der Waals surface area contributed by atoms with Crippen LogP contribution in [0.1, 0.15) is 25.7 Å². The Balaban J connectivity index is 1.56. The molecule has 14 heteroatoms. The Kier molecular flexibility index (Phi) is 5.86. The highest BCUT2D eigenvalue weighted by molar-refractivity contribution is 5.84. The Bertz CT molecular complexity index is 936. The number of imidazole rings is 1. The first-order valence-electron chi connectivity index (χ1n) is 9.91. The Morgan fingerprint density at radius 1 is 1.06 bits per heavy atom. The molecule has 8 nitrogen and oxygen atoms in total. The summed E-state index contributed by atoms with van der Waals surface area (Å²) in [6.07, 6.45) is -12.1. The van der Waals surface area contributed by atoms with Crippen molar-refractivity contribution in [2.75, 3.05) is 36.9 Å². The van der Waals surface area contributed by atoms with Gasteiger partial charge in [-0.05, 0) is 12.8 Å². The van der Waals surface area contributed by atoms with Crippen molar-refractivity contribution in [1.82, 2.24) is 19.5 Å². The largest absolute Gasteiger partial charge is 0.391 e. The monoisotopic (exact) mass is 467 g/mol. The van der Waals surface area contributed by atoms with E-state index in [-0.39, 0.29) is 12.5 Å². The minimum Gasteiger partial charge on any atom is -0.378 e. The van der Waals surface area contributed by atoms with Gasteiger partial charge in [-0.2, -0.15) is 36.3 Å².